The zero-order valence-corrected chi connectivity index (χ0v) is 20.8. The standard InChI is InChI=1S/C27H25ClN2O4S/c1-3-15-30-24-13-12-21(28)18-23(24)25(20-9-5-4-6-10-20)26(35(30,32)33)27(31)29-14-16-34-22-11-7-8-19(2)17-22/h3-13,17-18H,1,14-16H2,2H3,(H,29,31). The molecule has 1 heterocycles. The first-order chi connectivity index (χ1) is 16.8. The molecule has 0 aliphatic carbocycles. The van der Waals surface area contributed by atoms with Crippen LogP contribution in [0.25, 0.3) is 5.57 Å². The monoisotopic (exact) mass is 508 g/mol. The molecule has 180 valence electrons. The van der Waals surface area contributed by atoms with Crippen LogP contribution in [-0.4, -0.2) is 34.0 Å². The number of benzene rings is 3. The molecule has 0 unspecified atom stereocenters. The Balaban J connectivity index is 1.73. The smallest absolute Gasteiger partial charge is 0.270 e. The van der Waals surface area contributed by atoms with Gasteiger partial charge >= 0.3 is 0 Å². The average molecular weight is 509 g/mol. The summed E-state index contributed by atoms with van der Waals surface area (Å²) >= 11 is 6.30. The highest BCUT2D eigenvalue weighted by Crippen LogP contribution is 2.43. The largest absolute Gasteiger partial charge is 0.492 e. The summed E-state index contributed by atoms with van der Waals surface area (Å²) in [5, 5.41) is 3.15. The Morgan fingerprint density at radius 2 is 1.86 bits per heavy atom. The Labute approximate surface area is 210 Å². The molecule has 0 aromatic heterocycles. The second-order valence-electron chi connectivity index (χ2n) is 7.98. The fourth-order valence-electron chi connectivity index (χ4n) is 3.97. The number of hydrogen-bond donors (Lipinski definition) is 1. The SMILES string of the molecule is C=CCN1c2ccc(Cl)cc2C(c2ccccc2)=C(C(=O)NCCOc2cccc(C)c2)S1(=O)=O. The summed E-state index contributed by atoms with van der Waals surface area (Å²) in [5.41, 5.74) is 2.95. The lowest BCUT2D eigenvalue weighted by molar-refractivity contribution is -0.116. The number of anilines is 1. The van der Waals surface area contributed by atoms with Crippen LogP contribution in [0.1, 0.15) is 16.7 Å². The molecule has 0 spiro atoms. The minimum atomic E-state index is -4.20. The van der Waals surface area contributed by atoms with Gasteiger partial charge in [0.05, 0.1) is 18.8 Å². The maximum atomic E-state index is 13.8. The molecule has 6 nitrogen and oxygen atoms in total. The van der Waals surface area contributed by atoms with Crippen LogP contribution < -0.4 is 14.4 Å². The van der Waals surface area contributed by atoms with Gasteiger partial charge in [0.2, 0.25) is 0 Å². The van der Waals surface area contributed by atoms with Gasteiger partial charge in [0.15, 0.2) is 4.91 Å². The fraction of sp³-hybridized carbons (Fsp3) is 0.148. The van der Waals surface area contributed by atoms with E-state index in [4.69, 9.17) is 16.3 Å². The molecule has 0 saturated heterocycles. The predicted octanol–water partition coefficient (Wildman–Crippen LogP) is 4.94. The van der Waals surface area contributed by atoms with Crippen molar-refractivity contribution in [1.82, 2.24) is 5.32 Å². The van der Waals surface area contributed by atoms with Crippen molar-refractivity contribution in [3.05, 3.63) is 112 Å². The number of fused-ring (bicyclic) bond motifs is 1. The first-order valence-corrected chi connectivity index (χ1v) is 12.9. The number of carbonyl (C=O) groups excluding carboxylic acids is 1. The number of halogens is 1. The van der Waals surface area contributed by atoms with Gasteiger partial charge in [-0.25, -0.2) is 8.42 Å². The van der Waals surface area contributed by atoms with Crippen LogP contribution in [0.5, 0.6) is 5.75 Å². The zero-order valence-electron chi connectivity index (χ0n) is 19.2. The molecular weight excluding hydrogens is 484 g/mol. The number of hydrogen-bond acceptors (Lipinski definition) is 4. The van der Waals surface area contributed by atoms with E-state index in [0.29, 0.717) is 33.2 Å². The number of nitrogens with zero attached hydrogens (tertiary/aromatic N) is 1. The molecular formula is C27H25ClN2O4S. The van der Waals surface area contributed by atoms with E-state index in [1.807, 2.05) is 37.3 Å². The molecule has 8 heteroatoms. The maximum Gasteiger partial charge on any atom is 0.270 e. The third-order valence-corrected chi connectivity index (χ3v) is 7.55. The van der Waals surface area contributed by atoms with Crippen molar-refractivity contribution >= 4 is 38.8 Å². The van der Waals surface area contributed by atoms with Crippen LogP contribution in [0.4, 0.5) is 5.69 Å². The van der Waals surface area contributed by atoms with E-state index in [-0.39, 0.29) is 24.6 Å². The highest BCUT2D eigenvalue weighted by atomic mass is 35.5. The molecule has 35 heavy (non-hydrogen) atoms. The lowest BCUT2D eigenvalue weighted by atomic mass is 9.95. The fourth-order valence-corrected chi connectivity index (χ4v) is 5.88. The summed E-state index contributed by atoms with van der Waals surface area (Å²) in [6.07, 6.45) is 1.48. The Morgan fingerprint density at radius 3 is 2.57 bits per heavy atom. The van der Waals surface area contributed by atoms with Gasteiger partial charge in [0.1, 0.15) is 12.4 Å². The Hall–Kier alpha value is -3.55. The Morgan fingerprint density at radius 1 is 1.09 bits per heavy atom. The molecule has 1 amide bonds. The predicted molar refractivity (Wildman–Crippen MR) is 140 cm³/mol. The normalized spacial score (nSPS) is 14.3. The van der Waals surface area contributed by atoms with Crippen molar-refractivity contribution < 1.29 is 17.9 Å². The number of nitrogens with one attached hydrogen (secondary N) is 1. The summed E-state index contributed by atoms with van der Waals surface area (Å²) < 4.78 is 34.4. The number of ether oxygens (including phenoxy) is 1. The second kappa shape index (κ2) is 10.4. The van der Waals surface area contributed by atoms with Crippen molar-refractivity contribution in [2.45, 2.75) is 6.92 Å². The van der Waals surface area contributed by atoms with E-state index in [1.165, 1.54) is 10.4 Å². The van der Waals surface area contributed by atoms with Crippen molar-refractivity contribution in [2.75, 3.05) is 24.0 Å². The second-order valence-corrected chi connectivity index (χ2v) is 10.2. The Kier molecular flexibility index (Phi) is 7.28. The number of rotatable bonds is 8. The minimum absolute atomic E-state index is 0.00623. The molecule has 0 bridgehead atoms. The minimum Gasteiger partial charge on any atom is -0.492 e. The average Bonchev–Trinajstić information content (AvgIpc) is 2.83. The van der Waals surface area contributed by atoms with Gasteiger partial charge in [0, 0.05) is 16.2 Å². The van der Waals surface area contributed by atoms with Crippen molar-refractivity contribution in [3.63, 3.8) is 0 Å². The molecule has 1 aliphatic rings. The molecule has 0 atom stereocenters. The summed E-state index contributed by atoms with van der Waals surface area (Å²) in [6.45, 7) is 5.96. The third-order valence-electron chi connectivity index (χ3n) is 5.48. The van der Waals surface area contributed by atoms with Crippen molar-refractivity contribution in [2.24, 2.45) is 0 Å². The van der Waals surface area contributed by atoms with E-state index in [0.717, 1.165) is 5.56 Å². The summed E-state index contributed by atoms with van der Waals surface area (Å²) in [5.74, 6) is -0.0363. The van der Waals surface area contributed by atoms with Crippen LogP contribution >= 0.6 is 11.6 Å². The maximum absolute atomic E-state index is 13.8. The van der Waals surface area contributed by atoms with E-state index in [9.17, 15) is 13.2 Å². The van der Waals surface area contributed by atoms with Crippen LogP contribution in [0.2, 0.25) is 5.02 Å². The summed E-state index contributed by atoms with van der Waals surface area (Å²) in [7, 11) is -4.20. The van der Waals surface area contributed by atoms with E-state index >= 15 is 0 Å². The van der Waals surface area contributed by atoms with Crippen molar-refractivity contribution in [1.29, 1.82) is 0 Å². The molecule has 0 fully saturated rings. The highest BCUT2D eigenvalue weighted by molar-refractivity contribution is 7.97. The molecule has 1 aliphatic heterocycles. The Bertz CT molecular complexity index is 1400. The molecule has 1 N–H and O–H groups in total. The highest BCUT2D eigenvalue weighted by Gasteiger charge is 2.40. The lowest BCUT2D eigenvalue weighted by Gasteiger charge is -2.33. The number of amides is 1. The van der Waals surface area contributed by atoms with Crippen LogP contribution in [0, 0.1) is 6.92 Å². The van der Waals surface area contributed by atoms with Gasteiger partial charge < -0.3 is 10.1 Å². The van der Waals surface area contributed by atoms with E-state index in [2.05, 4.69) is 11.9 Å². The quantitative estimate of drug-likeness (QED) is 0.345. The molecule has 0 saturated carbocycles. The van der Waals surface area contributed by atoms with Crippen molar-refractivity contribution in [3.8, 4) is 5.75 Å². The van der Waals surface area contributed by atoms with Gasteiger partial charge in [-0.3, -0.25) is 9.10 Å². The van der Waals surface area contributed by atoms with Crippen LogP contribution in [0.3, 0.4) is 0 Å². The van der Waals surface area contributed by atoms with Crippen LogP contribution in [-0.2, 0) is 14.8 Å². The van der Waals surface area contributed by atoms with Gasteiger partial charge in [-0.1, -0.05) is 60.1 Å². The number of carbonyl (C=O) groups is 1. The van der Waals surface area contributed by atoms with Gasteiger partial charge in [-0.2, -0.15) is 0 Å². The topological polar surface area (TPSA) is 75.7 Å². The third kappa shape index (κ3) is 5.11. The number of aryl methyl sites for hydroxylation is 1. The molecule has 0 radical (unpaired) electrons. The van der Waals surface area contributed by atoms with Gasteiger partial charge in [-0.15, -0.1) is 6.58 Å². The summed E-state index contributed by atoms with van der Waals surface area (Å²) in [6, 6.07) is 21.5. The van der Waals surface area contributed by atoms with E-state index in [1.54, 1.807) is 42.5 Å². The molecule has 4 rings (SSSR count). The number of sulfonamides is 1. The van der Waals surface area contributed by atoms with Crippen LogP contribution in [0.15, 0.2) is 90.4 Å². The zero-order chi connectivity index (χ0) is 25.0. The molecule has 3 aromatic carbocycles. The first-order valence-electron chi connectivity index (χ1n) is 11.0. The summed E-state index contributed by atoms with van der Waals surface area (Å²) in [4.78, 5) is 13.1. The molecule has 3 aromatic rings. The van der Waals surface area contributed by atoms with Gasteiger partial charge in [-0.05, 0) is 48.4 Å². The van der Waals surface area contributed by atoms with Gasteiger partial charge in [0.25, 0.3) is 15.9 Å². The first kappa shape index (κ1) is 24.6. The van der Waals surface area contributed by atoms with E-state index < -0.39 is 15.9 Å². The lowest BCUT2D eigenvalue weighted by Crippen LogP contribution is -2.42.